The molecular weight excluding hydrogens is 390 g/mol. The van der Waals surface area contributed by atoms with Gasteiger partial charge < -0.3 is 20.3 Å². The minimum absolute atomic E-state index is 0.0335. The maximum absolute atomic E-state index is 13.0. The van der Waals surface area contributed by atoms with E-state index in [2.05, 4.69) is 10.6 Å². The van der Waals surface area contributed by atoms with Gasteiger partial charge in [0.15, 0.2) is 0 Å². The van der Waals surface area contributed by atoms with Gasteiger partial charge in [-0.05, 0) is 61.7 Å². The van der Waals surface area contributed by atoms with Crippen molar-refractivity contribution in [2.24, 2.45) is 0 Å². The first kappa shape index (κ1) is 20.5. The van der Waals surface area contributed by atoms with Crippen molar-refractivity contribution in [1.82, 2.24) is 0 Å². The Morgan fingerprint density at radius 1 is 0.968 bits per heavy atom. The van der Waals surface area contributed by atoms with Gasteiger partial charge in [0.05, 0.1) is 12.3 Å². The fourth-order valence-electron chi connectivity index (χ4n) is 3.74. The summed E-state index contributed by atoms with van der Waals surface area (Å²) in [6, 6.07) is 21.9. The maximum atomic E-state index is 13.0. The predicted molar refractivity (Wildman–Crippen MR) is 123 cm³/mol. The van der Waals surface area contributed by atoms with Crippen LogP contribution in [0.15, 0.2) is 72.8 Å². The van der Waals surface area contributed by atoms with E-state index in [0.29, 0.717) is 35.8 Å². The lowest BCUT2D eigenvalue weighted by Crippen LogP contribution is -2.35. The summed E-state index contributed by atoms with van der Waals surface area (Å²) in [6.45, 7) is 3.06. The van der Waals surface area contributed by atoms with Crippen molar-refractivity contribution in [1.29, 1.82) is 0 Å². The molecule has 31 heavy (non-hydrogen) atoms. The molecule has 6 heteroatoms. The minimum atomic E-state index is -0.371. The fourth-order valence-corrected chi connectivity index (χ4v) is 3.74. The molecule has 158 valence electrons. The lowest BCUT2D eigenvalue weighted by Gasteiger charge is -2.30. The van der Waals surface area contributed by atoms with Crippen LogP contribution in [0.1, 0.15) is 29.3 Å². The van der Waals surface area contributed by atoms with Gasteiger partial charge in [0.1, 0.15) is 5.75 Å². The Bertz CT molecular complexity index is 1080. The average molecular weight is 415 g/mol. The molecular formula is C25H25N3O3. The molecule has 1 heterocycles. The van der Waals surface area contributed by atoms with Crippen molar-refractivity contribution in [3.8, 4) is 5.75 Å². The number of rotatable bonds is 5. The lowest BCUT2D eigenvalue weighted by atomic mass is 10.00. The van der Waals surface area contributed by atoms with E-state index in [1.165, 1.54) is 0 Å². The third kappa shape index (κ3) is 4.69. The quantitative estimate of drug-likeness (QED) is 0.592. The number of fused-ring (bicyclic) bond motifs is 1. The van der Waals surface area contributed by atoms with Crippen LogP contribution in [0.5, 0.6) is 5.75 Å². The monoisotopic (exact) mass is 415 g/mol. The Morgan fingerprint density at radius 3 is 2.55 bits per heavy atom. The highest BCUT2D eigenvalue weighted by Crippen LogP contribution is 2.31. The molecule has 0 fully saturated rings. The Kier molecular flexibility index (Phi) is 6.17. The molecule has 0 saturated heterocycles. The Morgan fingerprint density at radius 2 is 1.74 bits per heavy atom. The first-order chi connectivity index (χ1) is 15.2. The van der Waals surface area contributed by atoms with Gasteiger partial charge in [0, 0.05) is 23.5 Å². The molecule has 2 N–H and O–H groups in total. The standard InChI is InChI=1S/C25H25N3O3/c1-2-31-23-13-7-6-12-21(23)27-25(30)26-20-15-14-18-11-8-16-28(22(18)17-20)24(29)19-9-4-3-5-10-19/h3-7,9-10,12-15,17H,2,8,11,16H2,1H3,(H2,26,27,30). The van der Waals surface area contributed by atoms with Crippen LogP contribution in [-0.4, -0.2) is 25.1 Å². The molecule has 1 aliphatic rings. The highest BCUT2D eigenvalue weighted by molar-refractivity contribution is 6.07. The van der Waals surface area contributed by atoms with Gasteiger partial charge >= 0.3 is 6.03 Å². The van der Waals surface area contributed by atoms with E-state index >= 15 is 0 Å². The van der Waals surface area contributed by atoms with Crippen LogP contribution < -0.4 is 20.3 Å². The van der Waals surface area contributed by atoms with E-state index in [4.69, 9.17) is 4.74 Å². The zero-order valence-electron chi connectivity index (χ0n) is 17.4. The number of anilines is 3. The summed E-state index contributed by atoms with van der Waals surface area (Å²) in [4.78, 5) is 27.4. The second kappa shape index (κ2) is 9.34. The molecule has 1 aliphatic heterocycles. The number of amides is 3. The fraction of sp³-hybridized carbons (Fsp3) is 0.200. The molecule has 6 nitrogen and oxygen atoms in total. The van der Waals surface area contributed by atoms with E-state index in [9.17, 15) is 9.59 Å². The predicted octanol–water partition coefficient (Wildman–Crippen LogP) is 5.32. The Labute approximate surface area is 181 Å². The number of urea groups is 1. The molecule has 0 spiro atoms. The average Bonchev–Trinajstić information content (AvgIpc) is 2.80. The number of hydrogen-bond acceptors (Lipinski definition) is 3. The second-order valence-electron chi connectivity index (χ2n) is 7.28. The van der Waals surface area contributed by atoms with Gasteiger partial charge in [-0.1, -0.05) is 36.4 Å². The van der Waals surface area contributed by atoms with Crippen LogP contribution >= 0.6 is 0 Å². The van der Waals surface area contributed by atoms with Crippen LogP contribution in [0.4, 0.5) is 21.9 Å². The number of carbonyl (C=O) groups excluding carboxylic acids is 2. The normalized spacial score (nSPS) is 12.6. The lowest BCUT2D eigenvalue weighted by molar-refractivity contribution is 0.0985. The summed E-state index contributed by atoms with van der Waals surface area (Å²) in [6.07, 6.45) is 1.81. The van der Waals surface area contributed by atoms with Crippen LogP contribution in [0.25, 0.3) is 0 Å². The molecule has 3 aromatic rings. The number of aryl methyl sites for hydroxylation is 1. The van der Waals surface area contributed by atoms with Gasteiger partial charge in [0.2, 0.25) is 0 Å². The molecule has 4 rings (SSSR count). The summed E-state index contributed by atoms with van der Waals surface area (Å²) in [5.74, 6) is 0.582. The summed E-state index contributed by atoms with van der Waals surface area (Å²) in [5, 5.41) is 5.69. The van der Waals surface area contributed by atoms with E-state index < -0.39 is 0 Å². The van der Waals surface area contributed by atoms with Crippen LogP contribution in [0, 0.1) is 0 Å². The topological polar surface area (TPSA) is 70.7 Å². The summed E-state index contributed by atoms with van der Waals surface area (Å²) >= 11 is 0. The van der Waals surface area contributed by atoms with Crippen molar-refractivity contribution in [2.75, 3.05) is 28.7 Å². The van der Waals surface area contributed by atoms with Crippen molar-refractivity contribution >= 4 is 29.0 Å². The summed E-state index contributed by atoms with van der Waals surface area (Å²) in [5.41, 5.74) is 3.81. The van der Waals surface area contributed by atoms with Gasteiger partial charge in [-0.3, -0.25) is 4.79 Å². The number of ether oxygens (including phenoxy) is 1. The van der Waals surface area contributed by atoms with E-state index in [1.807, 2.05) is 73.7 Å². The van der Waals surface area contributed by atoms with Gasteiger partial charge in [-0.25, -0.2) is 4.79 Å². The van der Waals surface area contributed by atoms with E-state index in [0.717, 1.165) is 24.1 Å². The third-order valence-corrected chi connectivity index (χ3v) is 5.16. The largest absolute Gasteiger partial charge is 0.492 e. The number of nitrogens with one attached hydrogen (secondary N) is 2. The first-order valence-corrected chi connectivity index (χ1v) is 10.5. The first-order valence-electron chi connectivity index (χ1n) is 10.5. The molecule has 0 bridgehead atoms. The molecule has 0 aromatic heterocycles. The SMILES string of the molecule is CCOc1ccccc1NC(=O)Nc1ccc2c(c1)N(C(=O)c1ccccc1)CCC2. The number of para-hydroxylation sites is 2. The summed E-state index contributed by atoms with van der Waals surface area (Å²) in [7, 11) is 0. The number of benzene rings is 3. The Hall–Kier alpha value is -3.80. The molecule has 0 aliphatic carbocycles. The van der Waals surface area contributed by atoms with Crippen molar-refractivity contribution in [3.63, 3.8) is 0 Å². The molecule has 0 unspecified atom stereocenters. The third-order valence-electron chi connectivity index (χ3n) is 5.16. The number of hydrogen-bond donors (Lipinski definition) is 2. The van der Waals surface area contributed by atoms with Crippen LogP contribution in [0.2, 0.25) is 0 Å². The highest BCUT2D eigenvalue weighted by Gasteiger charge is 2.24. The van der Waals surface area contributed by atoms with Crippen molar-refractivity contribution in [2.45, 2.75) is 19.8 Å². The van der Waals surface area contributed by atoms with Gasteiger partial charge in [-0.2, -0.15) is 0 Å². The van der Waals surface area contributed by atoms with Crippen LogP contribution in [-0.2, 0) is 6.42 Å². The second-order valence-corrected chi connectivity index (χ2v) is 7.28. The van der Waals surface area contributed by atoms with Crippen LogP contribution in [0.3, 0.4) is 0 Å². The zero-order valence-corrected chi connectivity index (χ0v) is 17.4. The molecule has 0 radical (unpaired) electrons. The zero-order chi connectivity index (χ0) is 21.6. The minimum Gasteiger partial charge on any atom is -0.492 e. The number of carbonyl (C=O) groups is 2. The molecule has 0 saturated carbocycles. The van der Waals surface area contributed by atoms with E-state index in [-0.39, 0.29) is 11.9 Å². The van der Waals surface area contributed by atoms with Gasteiger partial charge in [0.25, 0.3) is 5.91 Å². The highest BCUT2D eigenvalue weighted by atomic mass is 16.5. The maximum Gasteiger partial charge on any atom is 0.323 e. The van der Waals surface area contributed by atoms with Crippen molar-refractivity contribution < 1.29 is 14.3 Å². The smallest absolute Gasteiger partial charge is 0.323 e. The molecule has 3 amide bonds. The number of nitrogens with zero attached hydrogens (tertiary/aromatic N) is 1. The van der Waals surface area contributed by atoms with Gasteiger partial charge in [-0.15, -0.1) is 0 Å². The summed E-state index contributed by atoms with van der Waals surface area (Å²) < 4.78 is 5.56. The van der Waals surface area contributed by atoms with E-state index in [1.54, 1.807) is 11.0 Å². The van der Waals surface area contributed by atoms with Crippen molar-refractivity contribution in [3.05, 3.63) is 83.9 Å². The molecule has 3 aromatic carbocycles. The Balaban J connectivity index is 1.52. The molecule has 0 atom stereocenters.